The Labute approximate surface area is 115 Å². The zero-order valence-electron chi connectivity index (χ0n) is 11.7. The van der Waals surface area contributed by atoms with E-state index in [0.717, 1.165) is 58.8 Å². The summed E-state index contributed by atoms with van der Waals surface area (Å²) in [6.45, 7) is 7.81. The summed E-state index contributed by atoms with van der Waals surface area (Å²) in [5.41, 5.74) is 0. The first kappa shape index (κ1) is 13.8. The van der Waals surface area contributed by atoms with Crippen molar-refractivity contribution < 1.29 is 14.2 Å². The van der Waals surface area contributed by atoms with Crippen molar-refractivity contribution in [1.82, 2.24) is 10.2 Å². The van der Waals surface area contributed by atoms with Crippen molar-refractivity contribution in [1.29, 1.82) is 0 Å². The van der Waals surface area contributed by atoms with Crippen molar-refractivity contribution in [2.45, 2.75) is 37.6 Å². The van der Waals surface area contributed by atoms with Gasteiger partial charge in [-0.15, -0.1) is 0 Å². The highest BCUT2D eigenvalue weighted by Crippen LogP contribution is 2.31. The summed E-state index contributed by atoms with van der Waals surface area (Å²) in [7, 11) is 0. The molecule has 0 aromatic heterocycles. The molecule has 3 saturated heterocycles. The lowest BCUT2D eigenvalue weighted by molar-refractivity contribution is -0.185. The Morgan fingerprint density at radius 1 is 1.11 bits per heavy atom. The van der Waals surface area contributed by atoms with Crippen LogP contribution in [0.1, 0.15) is 25.7 Å². The lowest BCUT2D eigenvalue weighted by Crippen LogP contribution is -2.45. The Bertz CT molecular complexity index is 266. The number of hydrogen-bond donors (Lipinski definition) is 1. The molecule has 0 amide bonds. The molecule has 110 valence electrons. The third-order valence-corrected chi connectivity index (χ3v) is 4.44. The number of morpholine rings is 1. The average molecular weight is 270 g/mol. The fourth-order valence-electron chi connectivity index (χ4n) is 3.25. The van der Waals surface area contributed by atoms with Crippen LogP contribution >= 0.6 is 0 Å². The number of likely N-dealkylation sites (tertiary alicyclic amines) is 1. The first-order chi connectivity index (χ1) is 9.36. The second-order valence-electron chi connectivity index (χ2n) is 5.79. The molecule has 3 fully saturated rings. The Morgan fingerprint density at radius 2 is 1.89 bits per heavy atom. The van der Waals surface area contributed by atoms with E-state index in [-0.39, 0.29) is 5.79 Å². The molecular weight excluding hydrogens is 244 g/mol. The van der Waals surface area contributed by atoms with Crippen LogP contribution in [0, 0.1) is 0 Å². The van der Waals surface area contributed by atoms with Gasteiger partial charge in [0.05, 0.1) is 25.9 Å². The van der Waals surface area contributed by atoms with Gasteiger partial charge in [0.15, 0.2) is 5.79 Å². The molecule has 1 unspecified atom stereocenters. The molecule has 5 heteroatoms. The van der Waals surface area contributed by atoms with Crippen LogP contribution in [-0.4, -0.2) is 69.3 Å². The molecule has 0 aromatic rings. The molecule has 1 N–H and O–H groups in total. The van der Waals surface area contributed by atoms with E-state index < -0.39 is 0 Å². The lowest BCUT2D eigenvalue weighted by atomic mass is 10.0. The summed E-state index contributed by atoms with van der Waals surface area (Å²) in [6, 6.07) is 0. The van der Waals surface area contributed by atoms with Crippen LogP contribution in [0.5, 0.6) is 0 Å². The van der Waals surface area contributed by atoms with Gasteiger partial charge in [0.25, 0.3) is 0 Å². The minimum Gasteiger partial charge on any atom is -0.376 e. The molecule has 0 aliphatic carbocycles. The van der Waals surface area contributed by atoms with Crippen LogP contribution in [0.15, 0.2) is 0 Å². The molecule has 3 aliphatic rings. The molecule has 1 spiro atoms. The Morgan fingerprint density at radius 3 is 2.58 bits per heavy atom. The largest absolute Gasteiger partial charge is 0.376 e. The van der Waals surface area contributed by atoms with E-state index in [1.54, 1.807) is 0 Å². The predicted octanol–water partition coefficient (Wildman–Crippen LogP) is 0.594. The fraction of sp³-hybridized carbons (Fsp3) is 1.00. The predicted molar refractivity (Wildman–Crippen MR) is 72.2 cm³/mol. The first-order valence-electron chi connectivity index (χ1n) is 7.69. The highest BCUT2D eigenvalue weighted by Gasteiger charge is 2.39. The molecule has 5 nitrogen and oxygen atoms in total. The van der Waals surface area contributed by atoms with E-state index in [2.05, 4.69) is 10.2 Å². The van der Waals surface area contributed by atoms with Crippen molar-refractivity contribution in [2.75, 3.05) is 52.5 Å². The molecule has 3 heterocycles. The summed E-state index contributed by atoms with van der Waals surface area (Å²) in [6.07, 6.45) is 4.86. The van der Waals surface area contributed by atoms with Crippen molar-refractivity contribution in [3.8, 4) is 0 Å². The second kappa shape index (κ2) is 6.50. The number of ether oxygens (including phenoxy) is 3. The van der Waals surface area contributed by atoms with Crippen LogP contribution in [0.2, 0.25) is 0 Å². The van der Waals surface area contributed by atoms with E-state index in [9.17, 15) is 0 Å². The van der Waals surface area contributed by atoms with Crippen molar-refractivity contribution >= 4 is 0 Å². The van der Waals surface area contributed by atoms with E-state index >= 15 is 0 Å². The van der Waals surface area contributed by atoms with Crippen LogP contribution < -0.4 is 5.32 Å². The van der Waals surface area contributed by atoms with Gasteiger partial charge in [-0.2, -0.15) is 0 Å². The van der Waals surface area contributed by atoms with Crippen molar-refractivity contribution in [3.63, 3.8) is 0 Å². The summed E-state index contributed by atoms with van der Waals surface area (Å²) in [4.78, 5) is 2.53. The highest BCUT2D eigenvalue weighted by atomic mass is 16.7. The second-order valence-corrected chi connectivity index (χ2v) is 5.79. The van der Waals surface area contributed by atoms with Crippen LogP contribution in [0.3, 0.4) is 0 Å². The van der Waals surface area contributed by atoms with Gasteiger partial charge in [-0.25, -0.2) is 0 Å². The van der Waals surface area contributed by atoms with Gasteiger partial charge in [0.1, 0.15) is 0 Å². The number of nitrogens with zero attached hydrogens (tertiary/aromatic N) is 1. The Balaban J connectivity index is 1.31. The van der Waals surface area contributed by atoms with Gasteiger partial charge in [0.2, 0.25) is 0 Å². The molecule has 19 heavy (non-hydrogen) atoms. The van der Waals surface area contributed by atoms with Gasteiger partial charge in [0, 0.05) is 39.0 Å². The molecule has 0 bridgehead atoms. The minimum absolute atomic E-state index is 0.229. The molecule has 3 aliphatic heterocycles. The highest BCUT2D eigenvalue weighted by molar-refractivity contribution is 4.82. The van der Waals surface area contributed by atoms with Gasteiger partial charge in [-0.05, 0) is 19.4 Å². The maximum absolute atomic E-state index is 5.75. The molecular formula is C14H26N2O3. The molecule has 0 aromatic carbocycles. The Kier molecular flexibility index (Phi) is 4.71. The molecule has 1 atom stereocenters. The van der Waals surface area contributed by atoms with E-state index in [4.69, 9.17) is 14.2 Å². The van der Waals surface area contributed by atoms with Gasteiger partial charge in [-0.1, -0.05) is 0 Å². The topological polar surface area (TPSA) is 43.0 Å². The van der Waals surface area contributed by atoms with E-state index in [0.29, 0.717) is 6.10 Å². The SMILES string of the molecule is C(CC1CNCCO1)CN1CCC2(CC1)OCCO2. The standard InChI is InChI=1S/C14H26N2O3/c1(2-13-12-15-5-9-17-13)6-16-7-3-14(4-8-16)18-10-11-19-14/h13,15H,1-12H2. The smallest absolute Gasteiger partial charge is 0.170 e. The normalized spacial score (nSPS) is 31.9. The Hall–Kier alpha value is -0.200. The summed E-state index contributed by atoms with van der Waals surface area (Å²) >= 11 is 0. The fourth-order valence-corrected chi connectivity index (χ4v) is 3.25. The lowest BCUT2D eigenvalue weighted by Gasteiger charge is -2.37. The quantitative estimate of drug-likeness (QED) is 0.810. The van der Waals surface area contributed by atoms with Gasteiger partial charge < -0.3 is 24.4 Å². The van der Waals surface area contributed by atoms with Gasteiger partial charge in [-0.3, -0.25) is 0 Å². The monoisotopic (exact) mass is 270 g/mol. The van der Waals surface area contributed by atoms with Crippen molar-refractivity contribution in [2.24, 2.45) is 0 Å². The summed E-state index contributed by atoms with van der Waals surface area (Å²) in [5.74, 6) is -0.229. The van der Waals surface area contributed by atoms with Crippen LogP contribution in [0.25, 0.3) is 0 Å². The summed E-state index contributed by atoms with van der Waals surface area (Å²) in [5, 5.41) is 3.38. The zero-order chi connectivity index (χ0) is 13.0. The molecule has 3 rings (SSSR count). The third-order valence-electron chi connectivity index (χ3n) is 4.44. The van der Waals surface area contributed by atoms with Crippen molar-refractivity contribution in [3.05, 3.63) is 0 Å². The number of hydrogen-bond acceptors (Lipinski definition) is 5. The maximum atomic E-state index is 5.75. The zero-order valence-corrected chi connectivity index (χ0v) is 11.7. The third kappa shape index (κ3) is 3.67. The molecule has 0 saturated carbocycles. The number of nitrogens with one attached hydrogen (secondary N) is 1. The van der Waals surface area contributed by atoms with Gasteiger partial charge >= 0.3 is 0 Å². The number of rotatable bonds is 4. The van der Waals surface area contributed by atoms with E-state index in [1.807, 2.05) is 0 Å². The average Bonchev–Trinajstić information content (AvgIpc) is 2.91. The minimum atomic E-state index is -0.229. The van der Waals surface area contributed by atoms with Crippen LogP contribution in [0.4, 0.5) is 0 Å². The van der Waals surface area contributed by atoms with Crippen LogP contribution in [-0.2, 0) is 14.2 Å². The summed E-state index contributed by atoms with van der Waals surface area (Å²) < 4.78 is 17.2. The van der Waals surface area contributed by atoms with E-state index in [1.165, 1.54) is 19.4 Å². The first-order valence-corrected chi connectivity index (χ1v) is 7.69. The molecule has 0 radical (unpaired) electrons. The maximum Gasteiger partial charge on any atom is 0.170 e. The number of piperidine rings is 1.